The van der Waals surface area contributed by atoms with Gasteiger partial charge in [0.2, 0.25) is 0 Å². The molecule has 3 heteroatoms. The Morgan fingerprint density at radius 1 is 1.28 bits per heavy atom. The zero-order valence-electron chi connectivity index (χ0n) is 11.9. The Balaban J connectivity index is 2.42. The van der Waals surface area contributed by atoms with Crippen molar-refractivity contribution in [3.8, 4) is 0 Å². The van der Waals surface area contributed by atoms with Crippen LogP contribution in [-0.2, 0) is 0 Å². The van der Waals surface area contributed by atoms with E-state index in [9.17, 15) is 4.79 Å². The van der Waals surface area contributed by atoms with Crippen LogP contribution in [0.1, 0.15) is 62.5 Å². The van der Waals surface area contributed by atoms with Gasteiger partial charge in [0.05, 0.1) is 0 Å². The Bertz CT molecular complexity index is 369. The molecule has 0 unspecified atom stereocenters. The molecule has 1 N–H and O–H groups in total. The van der Waals surface area contributed by atoms with Crippen LogP contribution in [0.5, 0.6) is 0 Å². The summed E-state index contributed by atoms with van der Waals surface area (Å²) in [5.74, 6) is 1.06. The maximum atomic E-state index is 11.8. The van der Waals surface area contributed by atoms with Crippen LogP contribution in [0.3, 0.4) is 0 Å². The van der Waals surface area contributed by atoms with E-state index in [4.69, 9.17) is 0 Å². The summed E-state index contributed by atoms with van der Waals surface area (Å²) in [7, 11) is 0. The van der Waals surface area contributed by atoms with Crippen molar-refractivity contribution in [2.75, 3.05) is 6.54 Å². The largest absolute Gasteiger partial charge is 0.351 e. The van der Waals surface area contributed by atoms with Gasteiger partial charge in [0.25, 0.3) is 5.91 Å². The van der Waals surface area contributed by atoms with Crippen LogP contribution < -0.4 is 5.32 Å². The van der Waals surface area contributed by atoms with Gasteiger partial charge in [0, 0.05) is 12.7 Å². The van der Waals surface area contributed by atoms with Gasteiger partial charge in [-0.05, 0) is 36.3 Å². The maximum absolute atomic E-state index is 11.8. The molecular weight excluding hydrogens is 224 g/mol. The Morgan fingerprint density at radius 3 is 2.50 bits per heavy atom. The molecule has 0 saturated carbocycles. The van der Waals surface area contributed by atoms with E-state index < -0.39 is 0 Å². The van der Waals surface area contributed by atoms with Gasteiger partial charge in [0.1, 0.15) is 5.69 Å². The maximum Gasteiger partial charge on any atom is 0.269 e. The third-order valence-corrected chi connectivity index (χ3v) is 2.93. The Labute approximate surface area is 110 Å². The minimum atomic E-state index is -0.0749. The molecule has 0 bridgehead atoms. The number of carbonyl (C=O) groups is 1. The average molecular weight is 248 g/mol. The molecular formula is C15H24N2O. The van der Waals surface area contributed by atoms with Gasteiger partial charge in [0.15, 0.2) is 0 Å². The van der Waals surface area contributed by atoms with Crippen LogP contribution in [0, 0.1) is 5.92 Å². The predicted octanol–water partition coefficient (Wildman–Crippen LogP) is 3.37. The molecule has 100 valence electrons. The molecule has 0 saturated heterocycles. The third-order valence-electron chi connectivity index (χ3n) is 2.93. The van der Waals surface area contributed by atoms with Gasteiger partial charge < -0.3 is 5.32 Å². The molecule has 0 aromatic carbocycles. The first-order valence-corrected chi connectivity index (χ1v) is 6.75. The van der Waals surface area contributed by atoms with E-state index in [0.29, 0.717) is 17.5 Å². The standard InChI is InChI=1S/C15H24N2O/c1-11(2)6-5-9-16-15(18)14-8-7-13(10-17-14)12(3)4/h7-8,10-12H,5-6,9H2,1-4H3,(H,16,18). The quantitative estimate of drug-likeness (QED) is 0.784. The number of aromatic nitrogens is 1. The molecule has 0 atom stereocenters. The zero-order chi connectivity index (χ0) is 13.5. The van der Waals surface area contributed by atoms with Crippen molar-refractivity contribution in [2.45, 2.75) is 46.5 Å². The summed E-state index contributed by atoms with van der Waals surface area (Å²) < 4.78 is 0. The normalized spacial score (nSPS) is 11.0. The van der Waals surface area contributed by atoms with Crippen LogP contribution in [0.4, 0.5) is 0 Å². The second kappa shape index (κ2) is 7.14. The van der Waals surface area contributed by atoms with Gasteiger partial charge in [-0.3, -0.25) is 9.78 Å². The number of hydrogen-bond donors (Lipinski definition) is 1. The SMILES string of the molecule is CC(C)CCCNC(=O)c1ccc(C(C)C)cn1. The molecule has 3 nitrogen and oxygen atoms in total. The van der Waals surface area contributed by atoms with Crippen molar-refractivity contribution in [1.82, 2.24) is 10.3 Å². The second-order valence-electron chi connectivity index (χ2n) is 5.42. The van der Waals surface area contributed by atoms with E-state index in [0.717, 1.165) is 24.9 Å². The Morgan fingerprint density at radius 2 is 2.00 bits per heavy atom. The fourth-order valence-electron chi connectivity index (χ4n) is 1.68. The lowest BCUT2D eigenvalue weighted by atomic mass is 10.1. The molecule has 1 aromatic rings. The van der Waals surface area contributed by atoms with Crippen molar-refractivity contribution < 1.29 is 4.79 Å². The summed E-state index contributed by atoms with van der Waals surface area (Å²) in [5, 5.41) is 2.90. The lowest BCUT2D eigenvalue weighted by Gasteiger charge is -2.08. The summed E-state index contributed by atoms with van der Waals surface area (Å²) in [4.78, 5) is 16.0. The molecule has 0 aliphatic rings. The van der Waals surface area contributed by atoms with Crippen LogP contribution in [0.2, 0.25) is 0 Å². The topological polar surface area (TPSA) is 42.0 Å². The van der Waals surface area contributed by atoms with Crippen molar-refractivity contribution >= 4 is 5.91 Å². The molecule has 0 spiro atoms. The van der Waals surface area contributed by atoms with Crippen molar-refractivity contribution in [3.63, 3.8) is 0 Å². The molecule has 0 fully saturated rings. The number of nitrogens with one attached hydrogen (secondary N) is 1. The second-order valence-corrected chi connectivity index (χ2v) is 5.42. The van der Waals surface area contributed by atoms with Crippen LogP contribution >= 0.6 is 0 Å². The Kier molecular flexibility index (Phi) is 5.83. The van der Waals surface area contributed by atoms with E-state index in [1.165, 1.54) is 0 Å². The summed E-state index contributed by atoms with van der Waals surface area (Å²) >= 11 is 0. The van der Waals surface area contributed by atoms with E-state index in [-0.39, 0.29) is 5.91 Å². The number of amides is 1. The minimum absolute atomic E-state index is 0.0749. The van der Waals surface area contributed by atoms with E-state index in [1.807, 2.05) is 6.07 Å². The minimum Gasteiger partial charge on any atom is -0.351 e. The molecule has 0 aliphatic heterocycles. The number of pyridine rings is 1. The molecule has 0 aliphatic carbocycles. The number of nitrogens with zero attached hydrogens (tertiary/aromatic N) is 1. The first-order valence-electron chi connectivity index (χ1n) is 6.75. The highest BCUT2D eigenvalue weighted by atomic mass is 16.1. The number of rotatable bonds is 6. The molecule has 18 heavy (non-hydrogen) atoms. The Hall–Kier alpha value is -1.38. The van der Waals surface area contributed by atoms with Crippen LogP contribution in [0.25, 0.3) is 0 Å². The van der Waals surface area contributed by atoms with Gasteiger partial charge in [-0.2, -0.15) is 0 Å². The van der Waals surface area contributed by atoms with Crippen molar-refractivity contribution in [3.05, 3.63) is 29.6 Å². The van der Waals surface area contributed by atoms with E-state index in [1.54, 1.807) is 12.3 Å². The van der Waals surface area contributed by atoms with Gasteiger partial charge in [-0.25, -0.2) is 0 Å². The fraction of sp³-hybridized carbons (Fsp3) is 0.600. The average Bonchev–Trinajstić information content (AvgIpc) is 2.34. The van der Waals surface area contributed by atoms with E-state index in [2.05, 4.69) is 38.0 Å². The number of hydrogen-bond acceptors (Lipinski definition) is 2. The highest BCUT2D eigenvalue weighted by Crippen LogP contribution is 2.12. The highest BCUT2D eigenvalue weighted by Gasteiger charge is 2.07. The molecule has 1 amide bonds. The van der Waals surface area contributed by atoms with Crippen molar-refractivity contribution in [1.29, 1.82) is 0 Å². The summed E-state index contributed by atoms with van der Waals surface area (Å²) in [5.41, 5.74) is 1.66. The lowest BCUT2D eigenvalue weighted by Crippen LogP contribution is -2.25. The van der Waals surface area contributed by atoms with Gasteiger partial charge >= 0.3 is 0 Å². The van der Waals surface area contributed by atoms with Crippen molar-refractivity contribution in [2.24, 2.45) is 5.92 Å². The molecule has 0 radical (unpaired) electrons. The summed E-state index contributed by atoms with van der Waals surface area (Å²) in [6.45, 7) is 9.33. The van der Waals surface area contributed by atoms with Crippen LogP contribution in [-0.4, -0.2) is 17.4 Å². The molecule has 1 aromatic heterocycles. The monoisotopic (exact) mass is 248 g/mol. The summed E-state index contributed by atoms with van der Waals surface area (Å²) in [6.07, 6.45) is 3.95. The predicted molar refractivity (Wildman–Crippen MR) is 74.7 cm³/mol. The zero-order valence-corrected chi connectivity index (χ0v) is 11.9. The van der Waals surface area contributed by atoms with Gasteiger partial charge in [-0.15, -0.1) is 0 Å². The first kappa shape index (κ1) is 14.7. The number of carbonyl (C=O) groups excluding carboxylic acids is 1. The third kappa shape index (κ3) is 4.86. The fourth-order valence-corrected chi connectivity index (χ4v) is 1.68. The smallest absolute Gasteiger partial charge is 0.269 e. The van der Waals surface area contributed by atoms with Crippen LogP contribution in [0.15, 0.2) is 18.3 Å². The molecule has 1 heterocycles. The first-order chi connectivity index (χ1) is 8.50. The lowest BCUT2D eigenvalue weighted by molar-refractivity contribution is 0.0947. The highest BCUT2D eigenvalue weighted by molar-refractivity contribution is 5.92. The van der Waals surface area contributed by atoms with E-state index >= 15 is 0 Å². The summed E-state index contributed by atoms with van der Waals surface area (Å²) in [6, 6.07) is 3.77. The molecule has 1 rings (SSSR count). The van der Waals surface area contributed by atoms with Gasteiger partial charge in [-0.1, -0.05) is 33.8 Å².